The van der Waals surface area contributed by atoms with Crippen molar-refractivity contribution in [2.75, 3.05) is 19.7 Å². The van der Waals surface area contributed by atoms with Crippen molar-refractivity contribution in [3.63, 3.8) is 0 Å². The van der Waals surface area contributed by atoms with Crippen LogP contribution in [0.5, 0.6) is 0 Å². The molecule has 1 aromatic carbocycles. The van der Waals surface area contributed by atoms with Gasteiger partial charge in [-0.05, 0) is 25.5 Å². The van der Waals surface area contributed by atoms with E-state index < -0.39 is 6.10 Å². The molecule has 1 aliphatic rings. The maximum atomic E-state index is 12.5. The molecule has 2 rings (SSSR count). The van der Waals surface area contributed by atoms with Crippen LogP contribution in [-0.4, -0.2) is 46.8 Å². The van der Waals surface area contributed by atoms with Gasteiger partial charge in [-0.3, -0.25) is 4.79 Å². The summed E-state index contributed by atoms with van der Waals surface area (Å²) in [6.07, 6.45) is 0.597. The highest BCUT2D eigenvalue weighted by atomic mass is 16.3. The molecule has 106 valence electrons. The van der Waals surface area contributed by atoms with Gasteiger partial charge in [-0.15, -0.1) is 0 Å². The first-order chi connectivity index (χ1) is 9.61. The number of amides is 1. The van der Waals surface area contributed by atoms with Gasteiger partial charge in [0.05, 0.1) is 18.3 Å². The largest absolute Gasteiger partial charge is 0.395 e. The Hall–Kier alpha value is -1.83. The summed E-state index contributed by atoms with van der Waals surface area (Å²) in [6.45, 7) is 2.91. The minimum Gasteiger partial charge on any atom is -0.395 e. The normalized spacial score (nSPS) is 17.8. The fourth-order valence-electron chi connectivity index (χ4n) is 2.25. The first-order valence-corrected chi connectivity index (χ1v) is 6.79. The summed E-state index contributed by atoms with van der Waals surface area (Å²) in [7, 11) is 0. The summed E-state index contributed by atoms with van der Waals surface area (Å²) in [5.41, 5.74) is 2.25. The van der Waals surface area contributed by atoms with Gasteiger partial charge < -0.3 is 15.1 Å². The molecule has 1 atom stereocenters. The lowest BCUT2D eigenvalue weighted by Crippen LogP contribution is -2.30. The van der Waals surface area contributed by atoms with E-state index in [1.165, 1.54) is 0 Å². The third kappa shape index (κ3) is 3.38. The number of nitrogens with zero attached hydrogens (tertiary/aromatic N) is 1. The van der Waals surface area contributed by atoms with Crippen molar-refractivity contribution in [1.29, 1.82) is 0 Å². The van der Waals surface area contributed by atoms with Crippen molar-refractivity contribution in [2.24, 2.45) is 0 Å². The second-order valence-electron chi connectivity index (χ2n) is 5.02. The Balaban J connectivity index is 2.27. The van der Waals surface area contributed by atoms with Crippen LogP contribution in [0.25, 0.3) is 0 Å². The van der Waals surface area contributed by atoms with Gasteiger partial charge in [0.1, 0.15) is 0 Å². The number of likely N-dealkylation sites (tertiary alicyclic amines) is 1. The number of carbonyl (C=O) groups excluding carboxylic acids is 1. The number of aliphatic hydroxyl groups excluding tert-OH is 2. The van der Waals surface area contributed by atoms with Crippen molar-refractivity contribution in [3.05, 3.63) is 34.9 Å². The quantitative estimate of drug-likeness (QED) is 0.788. The third-order valence-electron chi connectivity index (χ3n) is 3.32. The summed E-state index contributed by atoms with van der Waals surface area (Å²) >= 11 is 0. The number of rotatable bonds is 2. The van der Waals surface area contributed by atoms with Gasteiger partial charge in [0.15, 0.2) is 0 Å². The number of hydrogen-bond acceptors (Lipinski definition) is 3. The minimum atomic E-state index is -0.423. The molecule has 0 saturated carbocycles. The molecule has 0 bridgehead atoms. The van der Waals surface area contributed by atoms with Crippen LogP contribution in [0.4, 0.5) is 0 Å². The number of benzene rings is 1. The lowest BCUT2D eigenvalue weighted by molar-refractivity contribution is 0.0764. The van der Waals surface area contributed by atoms with E-state index in [-0.39, 0.29) is 12.5 Å². The van der Waals surface area contributed by atoms with E-state index in [4.69, 9.17) is 5.11 Å². The van der Waals surface area contributed by atoms with Crippen molar-refractivity contribution in [2.45, 2.75) is 25.9 Å². The van der Waals surface area contributed by atoms with Crippen LogP contribution in [0.2, 0.25) is 0 Å². The molecule has 1 amide bonds. The van der Waals surface area contributed by atoms with Crippen molar-refractivity contribution < 1.29 is 15.0 Å². The summed E-state index contributed by atoms with van der Waals surface area (Å²) in [6, 6.07) is 5.58. The van der Waals surface area contributed by atoms with E-state index in [1.807, 2.05) is 25.1 Å². The minimum absolute atomic E-state index is 0.0143. The first-order valence-electron chi connectivity index (χ1n) is 6.79. The molecule has 1 heterocycles. The Morgan fingerprint density at radius 1 is 1.50 bits per heavy atom. The monoisotopic (exact) mass is 273 g/mol. The van der Waals surface area contributed by atoms with Gasteiger partial charge in [-0.1, -0.05) is 23.5 Å². The van der Waals surface area contributed by atoms with Gasteiger partial charge in [-0.2, -0.15) is 0 Å². The van der Waals surface area contributed by atoms with Gasteiger partial charge in [0.2, 0.25) is 0 Å². The molecule has 20 heavy (non-hydrogen) atoms. The molecule has 1 fully saturated rings. The zero-order valence-electron chi connectivity index (χ0n) is 11.6. The Labute approximate surface area is 119 Å². The molecule has 4 nitrogen and oxygen atoms in total. The number of carbonyl (C=O) groups is 1. The van der Waals surface area contributed by atoms with E-state index in [9.17, 15) is 9.90 Å². The summed E-state index contributed by atoms with van der Waals surface area (Å²) in [5.74, 6) is 5.70. The molecule has 0 aliphatic carbocycles. The van der Waals surface area contributed by atoms with Crippen LogP contribution in [0.1, 0.15) is 34.3 Å². The Morgan fingerprint density at radius 3 is 2.95 bits per heavy atom. The predicted molar refractivity (Wildman–Crippen MR) is 76.3 cm³/mol. The van der Waals surface area contributed by atoms with Crippen molar-refractivity contribution >= 4 is 5.91 Å². The predicted octanol–water partition coefficient (Wildman–Crippen LogP) is 0.936. The molecule has 0 spiro atoms. The third-order valence-corrected chi connectivity index (χ3v) is 3.32. The van der Waals surface area contributed by atoms with Gasteiger partial charge >= 0.3 is 0 Å². The lowest BCUT2D eigenvalue weighted by atomic mass is 10.0. The van der Waals surface area contributed by atoms with Gasteiger partial charge in [-0.25, -0.2) is 0 Å². The van der Waals surface area contributed by atoms with Gasteiger partial charge in [0, 0.05) is 25.1 Å². The maximum absolute atomic E-state index is 12.5. The van der Waals surface area contributed by atoms with E-state index in [1.54, 1.807) is 4.90 Å². The highest BCUT2D eigenvalue weighted by Gasteiger charge is 2.26. The second-order valence-corrected chi connectivity index (χ2v) is 5.02. The number of β-amino-alcohol motifs (C(OH)–C–C–N with tert-alkyl or cyclic N) is 1. The molecule has 1 saturated heterocycles. The van der Waals surface area contributed by atoms with Crippen LogP contribution in [0.15, 0.2) is 18.2 Å². The van der Waals surface area contributed by atoms with Crippen LogP contribution in [0.3, 0.4) is 0 Å². The average molecular weight is 273 g/mol. The Morgan fingerprint density at radius 2 is 2.30 bits per heavy atom. The number of aryl methyl sites for hydroxylation is 1. The molecule has 1 unspecified atom stereocenters. The van der Waals surface area contributed by atoms with E-state index in [2.05, 4.69) is 11.8 Å². The number of hydrogen-bond donors (Lipinski definition) is 2. The zero-order valence-corrected chi connectivity index (χ0v) is 11.6. The van der Waals surface area contributed by atoms with Crippen LogP contribution < -0.4 is 0 Å². The molecule has 0 aromatic heterocycles. The molecule has 0 radical (unpaired) electrons. The van der Waals surface area contributed by atoms with E-state index in [0.29, 0.717) is 37.1 Å². The molecule has 4 heteroatoms. The fourth-order valence-corrected chi connectivity index (χ4v) is 2.25. The highest BCUT2D eigenvalue weighted by molar-refractivity contribution is 5.97. The second kappa shape index (κ2) is 6.56. The lowest BCUT2D eigenvalue weighted by Gasteiger charge is -2.17. The van der Waals surface area contributed by atoms with E-state index in [0.717, 1.165) is 5.56 Å². The zero-order chi connectivity index (χ0) is 14.5. The van der Waals surface area contributed by atoms with Crippen molar-refractivity contribution in [1.82, 2.24) is 4.90 Å². The Bertz CT molecular complexity index is 557. The standard InChI is InChI=1S/C16H19NO3/c1-12-5-6-13(4-2-3-9-18)15(10-12)16(20)17-8-7-14(19)11-17/h5-6,10,14,18-19H,3,7-9,11H2,1H3. The highest BCUT2D eigenvalue weighted by Crippen LogP contribution is 2.17. The fraction of sp³-hybridized carbons (Fsp3) is 0.438. The topological polar surface area (TPSA) is 60.8 Å². The molecular weight excluding hydrogens is 254 g/mol. The molecule has 1 aromatic rings. The first kappa shape index (κ1) is 14.6. The molecule has 2 N–H and O–H groups in total. The summed E-state index contributed by atoms with van der Waals surface area (Å²) in [4.78, 5) is 14.2. The smallest absolute Gasteiger partial charge is 0.255 e. The number of aliphatic hydroxyl groups is 2. The Kier molecular flexibility index (Phi) is 4.78. The summed E-state index contributed by atoms with van der Waals surface area (Å²) in [5, 5.41) is 18.3. The van der Waals surface area contributed by atoms with Crippen LogP contribution in [-0.2, 0) is 0 Å². The van der Waals surface area contributed by atoms with Crippen molar-refractivity contribution in [3.8, 4) is 11.8 Å². The molecular formula is C16H19NO3. The average Bonchev–Trinajstić information content (AvgIpc) is 2.86. The van der Waals surface area contributed by atoms with Gasteiger partial charge in [0.25, 0.3) is 5.91 Å². The maximum Gasteiger partial charge on any atom is 0.255 e. The van der Waals surface area contributed by atoms with Crippen LogP contribution in [0, 0.1) is 18.8 Å². The molecule has 1 aliphatic heterocycles. The summed E-state index contributed by atoms with van der Waals surface area (Å²) < 4.78 is 0. The van der Waals surface area contributed by atoms with Crippen LogP contribution >= 0.6 is 0 Å². The SMILES string of the molecule is Cc1ccc(C#CCCO)c(C(=O)N2CCC(O)C2)c1. The van der Waals surface area contributed by atoms with E-state index >= 15 is 0 Å².